The van der Waals surface area contributed by atoms with E-state index in [2.05, 4.69) is 4.72 Å². The van der Waals surface area contributed by atoms with Crippen LogP contribution < -0.4 is 9.46 Å². The summed E-state index contributed by atoms with van der Waals surface area (Å²) in [6.45, 7) is 5.32. The van der Waals surface area contributed by atoms with Gasteiger partial charge in [-0.15, -0.1) is 0 Å². The van der Waals surface area contributed by atoms with E-state index in [1.54, 1.807) is 32.9 Å². The van der Waals surface area contributed by atoms with Crippen molar-refractivity contribution < 1.29 is 17.9 Å². The van der Waals surface area contributed by atoms with Gasteiger partial charge in [0.05, 0.1) is 17.7 Å². The Balaban J connectivity index is 2.50. The molecule has 7 heteroatoms. The van der Waals surface area contributed by atoms with Gasteiger partial charge in [0.1, 0.15) is 5.75 Å². The van der Waals surface area contributed by atoms with Crippen molar-refractivity contribution in [3.8, 4) is 5.75 Å². The van der Waals surface area contributed by atoms with Crippen molar-refractivity contribution in [3.63, 3.8) is 0 Å². The zero-order valence-electron chi connectivity index (χ0n) is 14.5. The third-order valence-corrected chi connectivity index (χ3v) is 5.15. The van der Waals surface area contributed by atoms with Gasteiger partial charge in [0.2, 0.25) is 0 Å². The molecule has 0 atom stereocenters. The van der Waals surface area contributed by atoms with Crippen LogP contribution in [-0.2, 0) is 10.0 Å². The molecule has 0 unspecified atom stereocenters. The minimum atomic E-state index is -3.87. The lowest BCUT2D eigenvalue weighted by molar-refractivity contribution is 0.0859. The van der Waals surface area contributed by atoms with Crippen LogP contribution >= 0.6 is 11.6 Å². The molecule has 2 rings (SSSR count). The summed E-state index contributed by atoms with van der Waals surface area (Å²) in [6.07, 6.45) is 0. The zero-order valence-corrected chi connectivity index (χ0v) is 16.0. The van der Waals surface area contributed by atoms with E-state index in [0.29, 0.717) is 10.8 Å². The fourth-order valence-corrected chi connectivity index (χ4v) is 3.35. The fourth-order valence-electron chi connectivity index (χ4n) is 2.15. The van der Waals surface area contributed by atoms with Crippen molar-refractivity contribution in [3.05, 3.63) is 53.1 Å². The second-order valence-corrected chi connectivity index (χ2v) is 8.67. The molecule has 0 radical (unpaired) electrons. The maximum Gasteiger partial charge on any atom is 0.261 e. The zero-order chi connectivity index (χ0) is 18.8. The maximum absolute atomic E-state index is 12.7. The number of sulfonamides is 1. The van der Waals surface area contributed by atoms with E-state index in [1.165, 1.54) is 37.4 Å². The van der Waals surface area contributed by atoms with Crippen LogP contribution in [0.4, 0.5) is 5.69 Å². The first-order valence-electron chi connectivity index (χ1n) is 7.56. The summed E-state index contributed by atoms with van der Waals surface area (Å²) in [4.78, 5) is 12.7. The van der Waals surface area contributed by atoms with Gasteiger partial charge in [-0.25, -0.2) is 8.42 Å². The molecule has 0 saturated heterocycles. The largest absolute Gasteiger partial charge is 0.497 e. The van der Waals surface area contributed by atoms with Crippen LogP contribution in [0.3, 0.4) is 0 Å². The van der Waals surface area contributed by atoms with Crippen LogP contribution in [0.5, 0.6) is 5.75 Å². The third kappa shape index (κ3) is 4.52. The Morgan fingerprint density at radius 2 is 1.68 bits per heavy atom. The van der Waals surface area contributed by atoms with E-state index in [0.717, 1.165) is 0 Å². The van der Waals surface area contributed by atoms with Crippen LogP contribution in [0.2, 0.25) is 5.02 Å². The SMILES string of the molecule is COc1ccc(C(=O)C(C)(C)C)c(NS(=O)(=O)c2ccc(Cl)cc2)c1. The van der Waals surface area contributed by atoms with Gasteiger partial charge in [-0.1, -0.05) is 32.4 Å². The van der Waals surface area contributed by atoms with Gasteiger partial charge in [0.25, 0.3) is 10.0 Å². The molecule has 0 aromatic heterocycles. The van der Waals surface area contributed by atoms with Crippen LogP contribution in [0.25, 0.3) is 0 Å². The number of Topliss-reactive ketones (excluding diaryl/α,β-unsaturated/α-hetero) is 1. The van der Waals surface area contributed by atoms with Gasteiger partial charge < -0.3 is 4.74 Å². The lowest BCUT2D eigenvalue weighted by Gasteiger charge is -2.20. The molecular formula is C18H20ClNO4S. The Bertz CT molecular complexity index is 884. The second-order valence-electron chi connectivity index (χ2n) is 6.55. The molecular weight excluding hydrogens is 362 g/mol. The first-order chi connectivity index (χ1) is 11.5. The first kappa shape index (κ1) is 19.3. The third-order valence-electron chi connectivity index (χ3n) is 3.52. The normalized spacial score (nSPS) is 11.9. The summed E-state index contributed by atoms with van der Waals surface area (Å²) < 4.78 is 32.9. The van der Waals surface area contributed by atoms with Crippen molar-refractivity contribution in [2.75, 3.05) is 11.8 Å². The number of anilines is 1. The highest BCUT2D eigenvalue weighted by Crippen LogP contribution is 2.30. The van der Waals surface area contributed by atoms with Gasteiger partial charge in [-0.05, 0) is 36.4 Å². The summed E-state index contributed by atoms with van der Waals surface area (Å²) in [5.41, 5.74) is -0.199. The molecule has 5 nitrogen and oxygen atoms in total. The highest BCUT2D eigenvalue weighted by molar-refractivity contribution is 7.92. The first-order valence-corrected chi connectivity index (χ1v) is 9.42. The van der Waals surface area contributed by atoms with E-state index >= 15 is 0 Å². The molecule has 0 spiro atoms. The Kier molecular flexibility index (Phi) is 5.44. The van der Waals surface area contributed by atoms with Crippen LogP contribution in [0.15, 0.2) is 47.4 Å². The number of halogens is 1. The smallest absolute Gasteiger partial charge is 0.261 e. The molecule has 134 valence electrons. The molecule has 0 saturated carbocycles. The summed E-state index contributed by atoms with van der Waals surface area (Å²) in [5.74, 6) is 0.267. The molecule has 0 fully saturated rings. The van der Waals surface area contributed by atoms with Crippen LogP contribution in [0.1, 0.15) is 31.1 Å². The maximum atomic E-state index is 12.7. The lowest BCUT2D eigenvalue weighted by Crippen LogP contribution is -2.23. The fraction of sp³-hybridized carbons (Fsp3) is 0.278. The Labute approximate surface area is 153 Å². The van der Waals surface area contributed by atoms with Crippen molar-refractivity contribution in [1.29, 1.82) is 0 Å². The molecule has 1 N–H and O–H groups in total. The number of carbonyl (C=O) groups excluding carboxylic acids is 1. The number of nitrogens with one attached hydrogen (secondary N) is 1. The van der Waals surface area contributed by atoms with Gasteiger partial charge in [-0.3, -0.25) is 9.52 Å². The summed E-state index contributed by atoms with van der Waals surface area (Å²) in [5, 5.41) is 0.434. The highest BCUT2D eigenvalue weighted by atomic mass is 35.5. The molecule has 0 bridgehead atoms. The van der Waals surface area contributed by atoms with Crippen LogP contribution in [0, 0.1) is 5.41 Å². The number of rotatable bonds is 5. The number of carbonyl (C=O) groups is 1. The Morgan fingerprint density at radius 1 is 1.08 bits per heavy atom. The molecule has 2 aromatic carbocycles. The minimum absolute atomic E-state index is 0.0499. The monoisotopic (exact) mass is 381 g/mol. The number of hydrogen-bond donors (Lipinski definition) is 1. The predicted octanol–water partition coefficient (Wildman–Crippen LogP) is 4.38. The highest BCUT2D eigenvalue weighted by Gasteiger charge is 2.27. The minimum Gasteiger partial charge on any atom is -0.497 e. The summed E-state index contributed by atoms with van der Waals surface area (Å²) in [7, 11) is -2.40. The van der Waals surface area contributed by atoms with Crippen molar-refractivity contribution in [1.82, 2.24) is 0 Å². The van der Waals surface area contributed by atoms with Gasteiger partial charge in [-0.2, -0.15) is 0 Å². The number of ketones is 1. The van der Waals surface area contributed by atoms with Gasteiger partial charge >= 0.3 is 0 Å². The average molecular weight is 382 g/mol. The number of methoxy groups -OCH3 is 1. The van der Waals surface area contributed by atoms with E-state index in [-0.39, 0.29) is 21.9 Å². The summed E-state index contributed by atoms with van der Waals surface area (Å²) >= 11 is 5.80. The molecule has 0 heterocycles. The molecule has 25 heavy (non-hydrogen) atoms. The topological polar surface area (TPSA) is 72.5 Å². The molecule has 2 aromatic rings. The van der Waals surface area contributed by atoms with Crippen molar-refractivity contribution in [2.45, 2.75) is 25.7 Å². The van der Waals surface area contributed by atoms with E-state index in [1.807, 2.05) is 0 Å². The molecule has 0 aliphatic heterocycles. The Hall–Kier alpha value is -2.05. The summed E-state index contributed by atoms with van der Waals surface area (Å²) in [6, 6.07) is 10.5. The van der Waals surface area contributed by atoms with E-state index in [9.17, 15) is 13.2 Å². The van der Waals surface area contributed by atoms with Gasteiger partial charge in [0, 0.05) is 22.1 Å². The second kappa shape index (κ2) is 7.06. The molecule has 0 aliphatic rings. The van der Waals surface area contributed by atoms with E-state index < -0.39 is 15.4 Å². The standard InChI is InChI=1S/C18H20ClNO4S/c1-18(2,3)17(21)15-10-7-13(24-4)11-16(15)20-25(22,23)14-8-5-12(19)6-9-14/h5-11,20H,1-4H3. The van der Waals surface area contributed by atoms with Crippen LogP contribution in [-0.4, -0.2) is 21.3 Å². The average Bonchev–Trinajstić information content (AvgIpc) is 2.53. The molecule has 0 amide bonds. The van der Waals surface area contributed by atoms with E-state index in [4.69, 9.17) is 16.3 Å². The quantitative estimate of drug-likeness (QED) is 0.780. The Morgan fingerprint density at radius 3 is 2.20 bits per heavy atom. The molecule has 0 aliphatic carbocycles. The van der Waals surface area contributed by atoms with Crippen molar-refractivity contribution in [2.24, 2.45) is 5.41 Å². The number of benzene rings is 2. The number of hydrogen-bond acceptors (Lipinski definition) is 4. The number of ether oxygens (including phenoxy) is 1. The lowest BCUT2D eigenvalue weighted by atomic mass is 9.86. The predicted molar refractivity (Wildman–Crippen MR) is 99.0 cm³/mol. The van der Waals surface area contributed by atoms with Crippen molar-refractivity contribution >= 4 is 33.1 Å². The van der Waals surface area contributed by atoms with Gasteiger partial charge in [0.15, 0.2) is 5.78 Å².